The normalized spacial score (nSPS) is 26.7. The lowest BCUT2D eigenvalue weighted by Gasteiger charge is -2.37. The van der Waals surface area contributed by atoms with Gasteiger partial charge in [-0.3, -0.25) is 0 Å². The average molecular weight is 234 g/mol. The Kier molecular flexibility index (Phi) is 3.50. The Hall–Kier alpha value is -0.603. The Morgan fingerprint density at radius 1 is 1.12 bits per heavy atom. The molecule has 2 unspecified atom stereocenters. The van der Waals surface area contributed by atoms with Crippen molar-refractivity contribution in [2.45, 2.75) is 50.4 Å². The number of hydrogen-bond donors (Lipinski definition) is 1. The Morgan fingerprint density at radius 2 is 1.81 bits per heavy atom. The summed E-state index contributed by atoms with van der Waals surface area (Å²) >= 11 is 0. The fraction of sp³-hybridized carbons (Fsp3) is 0.571. The van der Waals surface area contributed by atoms with E-state index >= 15 is 0 Å². The monoisotopic (exact) mass is 234 g/mol. The first-order chi connectivity index (χ1) is 7.60. The van der Waals surface area contributed by atoms with Crippen molar-refractivity contribution >= 4 is 13.3 Å². The van der Waals surface area contributed by atoms with Crippen LogP contribution in [0.25, 0.3) is 0 Å². The van der Waals surface area contributed by atoms with E-state index in [0.29, 0.717) is 0 Å². The first-order valence-corrected chi connectivity index (χ1v) is 9.42. The molecule has 1 aromatic carbocycles. The molecule has 0 saturated heterocycles. The third kappa shape index (κ3) is 2.38. The van der Waals surface area contributed by atoms with Crippen molar-refractivity contribution in [3.8, 4) is 0 Å². The standard InChI is InChI=1S/C14H22OSi/c1-16(2,13-8-4-3-5-9-13)14-10-6-7-12(15)11-14/h3-5,8-9,12,14-15H,6-7,10-11H2,1-2H3. The van der Waals surface area contributed by atoms with Gasteiger partial charge in [0.1, 0.15) is 0 Å². The molecule has 0 heterocycles. The van der Waals surface area contributed by atoms with Gasteiger partial charge in [-0.2, -0.15) is 0 Å². The van der Waals surface area contributed by atoms with E-state index in [0.717, 1.165) is 18.4 Å². The fourth-order valence-electron chi connectivity index (χ4n) is 2.92. The summed E-state index contributed by atoms with van der Waals surface area (Å²) in [6, 6.07) is 10.9. The van der Waals surface area contributed by atoms with Gasteiger partial charge in [0.25, 0.3) is 0 Å². The summed E-state index contributed by atoms with van der Waals surface area (Å²) in [5, 5.41) is 11.3. The Labute approximate surface area is 99.5 Å². The van der Waals surface area contributed by atoms with Crippen molar-refractivity contribution in [2.24, 2.45) is 0 Å². The van der Waals surface area contributed by atoms with Crippen molar-refractivity contribution < 1.29 is 5.11 Å². The molecule has 16 heavy (non-hydrogen) atoms. The second kappa shape index (κ2) is 4.72. The van der Waals surface area contributed by atoms with E-state index in [-0.39, 0.29) is 6.10 Å². The average Bonchev–Trinajstić information content (AvgIpc) is 2.30. The van der Waals surface area contributed by atoms with Crippen LogP contribution in [0.5, 0.6) is 0 Å². The van der Waals surface area contributed by atoms with E-state index in [4.69, 9.17) is 0 Å². The van der Waals surface area contributed by atoms with Gasteiger partial charge in [-0.1, -0.05) is 61.5 Å². The minimum absolute atomic E-state index is 0.0470. The van der Waals surface area contributed by atoms with Crippen molar-refractivity contribution in [3.63, 3.8) is 0 Å². The molecule has 0 amide bonds. The van der Waals surface area contributed by atoms with Crippen molar-refractivity contribution in [3.05, 3.63) is 30.3 Å². The maximum absolute atomic E-state index is 9.81. The third-order valence-corrected chi connectivity index (χ3v) is 8.57. The van der Waals surface area contributed by atoms with Crippen molar-refractivity contribution in [2.75, 3.05) is 0 Å². The molecule has 1 nitrogen and oxygen atoms in total. The SMILES string of the molecule is C[Si](C)(c1ccccc1)C1CCCC(O)C1. The van der Waals surface area contributed by atoms with Gasteiger partial charge in [0, 0.05) is 0 Å². The molecule has 88 valence electrons. The summed E-state index contributed by atoms with van der Waals surface area (Å²) in [5.74, 6) is 0. The van der Waals surface area contributed by atoms with Crippen molar-refractivity contribution in [1.29, 1.82) is 0 Å². The zero-order valence-corrected chi connectivity index (χ0v) is 11.3. The van der Waals surface area contributed by atoms with Gasteiger partial charge in [-0.25, -0.2) is 0 Å². The van der Waals surface area contributed by atoms with Gasteiger partial charge < -0.3 is 5.11 Å². The summed E-state index contributed by atoms with van der Waals surface area (Å²) in [7, 11) is -1.38. The van der Waals surface area contributed by atoms with Crippen LogP contribution < -0.4 is 5.19 Å². The summed E-state index contributed by atoms with van der Waals surface area (Å²) < 4.78 is 0. The van der Waals surface area contributed by atoms with E-state index in [1.807, 2.05) is 0 Å². The maximum atomic E-state index is 9.81. The molecule has 0 bridgehead atoms. The highest BCUT2D eigenvalue weighted by Gasteiger charge is 2.36. The zero-order valence-electron chi connectivity index (χ0n) is 10.3. The van der Waals surface area contributed by atoms with Gasteiger partial charge in [-0.05, 0) is 18.4 Å². The molecule has 1 saturated carbocycles. The summed E-state index contributed by atoms with van der Waals surface area (Å²) in [5.41, 5.74) is 0.749. The molecule has 1 aliphatic rings. The molecule has 1 fully saturated rings. The van der Waals surface area contributed by atoms with Gasteiger partial charge in [-0.15, -0.1) is 0 Å². The van der Waals surface area contributed by atoms with E-state index < -0.39 is 8.07 Å². The van der Waals surface area contributed by atoms with Gasteiger partial charge in [0.2, 0.25) is 0 Å². The van der Waals surface area contributed by atoms with Crippen LogP contribution in [-0.4, -0.2) is 19.3 Å². The van der Waals surface area contributed by atoms with Gasteiger partial charge in [0.15, 0.2) is 0 Å². The predicted octanol–water partition coefficient (Wildman–Crippen LogP) is 2.91. The summed E-state index contributed by atoms with van der Waals surface area (Å²) in [6.07, 6.45) is 4.50. The molecule has 2 atom stereocenters. The largest absolute Gasteiger partial charge is 0.393 e. The molecule has 0 aromatic heterocycles. The number of hydrogen-bond acceptors (Lipinski definition) is 1. The quantitative estimate of drug-likeness (QED) is 0.780. The minimum atomic E-state index is -1.38. The lowest BCUT2D eigenvalue weighted by molar-refractivity contribution is 0.129. The molecule has 1 N–H and O–H groups in total. The highest BCUT2D eigenvalue weighted by Crippen LogP contribution is 2.36. The number of aliphatic hydroxyl groups excluding tert-OH is 1. The lowest BCUT2D eigenvalue weighted by atomic mass is 9.97. The van der Waals surface area contributed by atoms with E-state index in [1.165, 1.54) is 18.0 Å². The first-order valence-electron chi connectivity index (χ1n) is 6.34. The lowest BCUT2D eigenvalue weighted by Crippen LogP contribution is -2.47. The number of aliphatic hydroxyl groups is 1. The van der Waals surface area contributed by atoms with Crippen LogP contribution in [-0.2, 0) is 0 Å². The second-order valence-electron chi connectivity index (χ2n) is 5.61. The molecular formula is C14H22OSi. The Bertz CT molecular complexity index is 334. The topological polar surface area (TPSA) is 20.2 Å². The number of benzene rings is 1. The smallest absolute Gasteiger partial charge is 0.0837 e. The molecule has 0 aliphatic heterocycles. The van der Waals surface area contributed by atoms with Gasteiger partial charge in [0.05, 0.1) is 14.2 Å². The number of rotatable bonds is 2. The van der Waals surface area contributed by atoms with Crippen molar-refractivity contribution in [1.82, 2.24) is 0 Å². The van der Waals surface area contributed by atoms with Crippen LogP contribution in [0.2, 0.25) is 18.6 Å². The highest BCUT2D eigenvalue weighted by atomic mass is 28.3. The molecular weight excluding hydrogens is 212 g/mol. The first kappa shape index (κ1) is 11.9. The summed E-state index contributed by atoms with van der Waals surface area (Å²) in [4.78, 5) is 0. The Balaban J connectivity index is 2.18. The van der Waals surface area contributed by atoms with E-state index in [2.05, 4.69) is 43.4 Å². The van der Waals surface area contributed by atoms with Crippen LogP contribution in [0.15, 0.2) is 30.3 Å². The molecule has 1 aromatic rings. The van der Waals surface area contributed by atoms with Crippen LogP contribution in [0.1, 0.15) is 25.7 Å². The van der Waals surface area contributed by atoms with Crippen LogP contribution in [0.3, 0.4) is 0 Å². The predicted molar refractivity (Wildman–Crippen MR) is 71.8 cm³/mol. The molecule has 0 radical (unpaired) electrons. The van der Waals surface area contributed by atoms with E-state index in [1.54, 1.807) is 0 Å². The molecule has 0 spiro atoms. The molecule has 1 aliphatic carbocycles. The van der Waals surface area contributed by atoms with Crippen LogP contribution in [0.4, 0.5) is 0 Å². The minimum Gasteiger partial charge on any atom is -0.393 e. The Morgan fingerprint density at radius 3 is 2.44 bits per heavy atom. The highest BCUT2D eigenvalue weighted by molar-refractivity contribution is 6.91. The zero-order chi connectivity index (χ0) is 11.6. The van der Waals surface area contributed by atoms with Crippen LogP contribution in [0, 0.1) is 0 Å². The molecule has 2 rings (SSSR count). The van der Waals surface area contributed by atoms with Gasteiger partial charge >= 0.3 is 0 Å². The summed E-state index contributed by atoms with van der Waals surface area (Å²) in [6.45, 7) is 4.90. The molecule has 2 heteroatoms. The maximum Gasteiger partial charge on any atom is 0.0837 e. The van der Waals surface area contributed by atoms with E-state index in [9.17, 15) is 5.11 Å². The van der Waals surface area contributed by atoms with Crippen LogP contribution >= 0.6 is 0 Å². The third-order valence-electron chi connectivity index (χ3n) is 4.18. The second-order valence-corrected chi connectivity index (χ2v) is 10.4. The fourth-order valence-corrected chi connectivity index (χ4v) is 6.23.